The average molecular weight is 367 g/mol. The summed E-state index contributed by atoms with van der Waals surface area (Å²) in [6.45, 7) is 0. The van der Waals surface area contributed by atoms with E-state index in [0.29, 0.717) is 5.56 Å². The van der Waals surface area contributed by atoms with E-state index in [9.17, 15) is 9.59 Å². The van der Waals surface area contributed by atoms with Crippen LogP contribution in [0.3, 0.4) is 0 Å². The lowest BCUT2D eigenvalue weighted by Crippen LogP contribution is -2.09. The van der Waals surface area contributed by atoms with Gasteiger partial charge in [0.2, 0.25) is 0 Å². The third-order valence-electron chi connectivity index (χ3n) is 2.98. The molecule has 21 heavy (non-hydrogen) atoms. The van der Waals surface area contributed by atoms with E-state index >= 15 is 0 Å². The highest BCUT2D eigenvalue weighted by Crippen LogP contribution is 2.31. The van der Waals surface area contributed by atoms with Gasteiger partial charge in [-0.3, -0.25) is 0 Å². The summed E-state index contributed by atoms with van der Waals surface area (Å²) in [6, 6.07) is 11.7. The first-order chi connectivity index (χ1) is 9.90. The van der Waals surface area contributed by atoms with Crippen molar-refractivity contribution in [1.82, 2.24) is 0 Å². The van der Waals surface area contributed by atoms with Gasteiger partial charge in [0.15, 0.2) is 0 Å². The molecule has 0 amide bonds. The largest absolute Gasteiger partial charge is 0.478 e. The molecular weight excluding hydrogens is 356 g/mol. The average Bonchev–Trinajstić information content (AvgIpc) is 2.45. The molecule has 6 heteroatoms. The summed E-state index contributed by atoms with van der Waals surface area (Å²) < 4.78 is 0.889. The third kappa shape index (κ3) is 3.46. The Balaban J connectivity index is 2.47. The lowest BCUT2D eigenvalue weighted by molar-refractivity contribution is 0.0651. The van der Waals surface area contributed by atoms with Crippen molar-refractivity contribution in [3.8, 4) is 0 Å². The third-order valence-corrected chi connectivity index (χ3v) is 4.07. The SMILES string of the molecule is O=C(O)c1ccc(C(S)c2cccc(Br)c2)cc1C(=O)O. The molecule has 0 aliphatic rings. The van der Waals surface area contributed by atoms with Gasteiger partial charge < -0.3 is 10.2 Å². The van der Waals surface area contributed by atoms with Gasteiger partial charge in [-0.15, -0.1) is 0 Å². The molecule has 0 saturated heterocycles. The first kappa shape index (κ1) is 15.6. The number of benzene rings is 2. The molecule has 0 fully saturated rings. The van der Waals surface area contributed by atoms with E-state index in [-0.39, 0.29) is 16.4 Å². The zero-order valence-electron chi connectivity index (χ0n) is 10.7. The fraction of sp³-hybridized carbons (Fsp3) is 0.0667. The van der Waals surface area contributed by atoms with Crippen LogP contribution in [0.2, 0.25) is 0 Å². The summed E-state index contributed by atoms with van der Waals surface area (Å²) in [4.78, 5) is 22.2. The number of hydrogen-bond acceptors (Lipinski definition) is 3. The van der Waals surface area contributed by atoms with E-state index in [1.807, 2.05) is 24.3 Å². The minimum absolute atomic E-state index is 0.235. The molecule has 0 heterocycles. The Kier molecular flexibility index (Phi) is 4.69. The lowest BCUT2D eigenvalue weighted by atomic mass is 9.98. The molecule has 1 unspecified atom stereocenters. The number of thiol groups is 1. The molecule has 0 aliphatic carbocycles. The van der Waals surface area contributed by atoms with Gasteiger partial charge in [-0.2, -0.15) is 12.6 Å². The number of carbonyl (C=O) groups is 2. The number of carboxylic acid groups (broad SMARTS) is 2. The van der Waals surface area contributed by atoms with E-state index in [1.54, 1.807) is 6.07 Å². The van der Waals surface area contributed by atoms with Gasteiger partial charge in [0, 0.05) is 4.47 Å². The topological polar surface area (TPSA) is 74.6 Å². The lowest BCUT2D eigenvalue weighted by Gasteiger charge is -2.13. The van der Waals surface area contributed by atoms with E-state index in [1.165, 1.54) is 12.1 Å². The quantitative estimate of drug-likeness (QED) is 0.718. The second kappa shape index (κ2) is 6.32. The predicted molar refractivity (Wildman–Crippen MR) is 85.3 cm³/mol. The number of carboxylic acids is 2. The van der Waals surface area contributed by atoms with Crippen LogP contribution >= 0.6 is 28.6 Å². The molecule has 0 radical (unpaired) electrons. The van der Waals surface area contributed by atoms with Gasteiger partial charge in [-0.05, 0) is 35.4 Å². The van der Waals surface area contributed by atoms with Crippen LogP contribution in [0.1, 0.15) is 37.1 Å². The Hall–Kier alpha value is -1.79. The maximum Gasteiger partial charge on any atom is 0.336 e. The Morgan fingerprint density at radius 1 is 0.952 bits per heavy atom. The molecule has 0 spiro atoms. The van der Waals surface area contributed by atoms with Crippen molar-refractivity contribution in [2.24, 2.45) is 0 Å². The number of rotatable bonds is 4. The van der Waals surface area contributed by atoms with Crippen molar-refractivity contribution in [2.45, 2.75) is 5.25 Å². The predicted octanol–water partition coefficient (Wildman–Crippen LogP) is 3.86. The summed E-state index contributed by atoms with van der Waals surface area (Å²) in [5, 5.41) is 17.8. The number of halogens is 1. The summed E-state index contributed by atoms with van der Waals surface area (Å²) in [7, 11) is 0. The Morgan fingerprint density at radius 3 is 2.14 bits per heavy atom. The van der Waals surface area contributed by atoms with E-state index in [0.717, 1.165) is 10.0 Å². The molecule has 2 aromatic carbocycles. The second-order valence-electron chi connectivity index (χ2n) is 4.37. The van der Waals surface area contributed by atoms with Crippen LogP contribution in [0.4, 0.5) is 0 Å². The van der Waals surface area contributed by atoms with Crippen molar-refractivity contribution >= 4 is 40.5 Å². The van der Waals surface area contributed by atoms with Crippen LogP contribution in [0, 0.1) is 0 Å². The molecule has 2 aromatic rings. The maximum atomic E-state index is 11.2. The summed E-state index contributed by atoms with van der Waals surface area (Å²) >= 11 is 7.86. The zero-order valence-corrected chi connectivity index (χ0v) is 13.1. The molecule has 1 atom stereocenters. The fourth-order valence-corrected chi connectivity index (χ4v) is 2.70. The molecule has 0 aromatic heterocycles. The van der Waals surface area contributed by atoms with Crippen LogP contribution in [-0.2, 0) is 0 Å². The molecule has 2 N–H and O–H groups in total. The van der Waals surface area contributed by atoms with E-state index in [4.69, 9.17) is 10.2 Å². The van der Waals surface area contributed by atoms with Crippen LogP contribution in [0.25, 0.3) is 0 Å². The number of hydrogen-bond donors (Lipinski definition) is 3. The Morgan fingerprint density at radius 2 is 1.57 bits per heavy atom. The normalized spacial score (nSPS) is 11.9. The van der Waals surface area contributed by atoms with Crippen LogP contribution < -0.4 is 0 Å². The smallest absolute Gasteiger partial charge is 0.336 e. The van der Waals surface area contributed by atoms with Crippen molar-refractivity contribution in [2.75, 3.05) is 0 Å². The Bertz CT molecular complexity index is 715. The van der Waals surface area contributed by atoms with Gasteiger partial charge in [0.1, 0.15) is 0 Å². The summed E-state index contributed by atoms with van der Waals surface area (Å²) in [5.41, 5.74) is 1.03. The standard InChI is InChI=1S/C15H11BrO4S/c16-10-3-1-2-8(6-10)13(21)9-4-5-11(14(17)18)12(7-9)15(19)20/h1-7,13,21H,(H,17,18)(H,19,20). The molecule has 108 valence electrons. The number of aromatic carboxylic acids is 2. The molecule has 2 rings (SSSR count). The highest BCUT2D eigenvalue weighted by molar-refractivity contribution is 9.10. The second-order valence-corrected chi connectivity index (χ2v) is 5.80. The summed E-state index contributed by atoms with van der Waals surface area (Å²) in [5.74, 6) is -2.54. The van der Waals surface area contributed by atoms with Crippen LogP contribution in [0.5, 0.6) is 0 Å². The Labute approximate surface area is 135 Å². The minimum Gasteiger partial charge on any atom is -0.478 e. The minimum atomic E-state index is -1.27. The monoisotopic (exact) mass is 366 g/mol. The van der Waals surface area contributed by atoms with E-state index in [2.05, 4.69) is 28.6 Å². The molecule has 0 aliphatic heterocycles. The molecule has 4 nitrogen and oxygen atoms in total. The van der Waals surface area contributed by atoms with Crippen LogP contribution in [0.15, 0.2) is 46.9 Å². The maximum absolute atomic E-state index is 11.2. The van der Waals surface area contributed by atoms with Gasteiger partial charge in [-0.25, -0.2) is 9.59 Å². The molecular formula is C15H11BrO4S. The van der Waals surface area contributed by atoms with Crippen molar-refractivity contribution in [1.29, 1.82) is 0 Å². The van der Waals surface area contributed by atoms with Crippen molar-refractivity contribution in [3.63, 3.8) is 0 Å². The summed E-state index contributed by atoms with van der Waals surface area (Å²) in [6.07, 6.45) is 0. The van der Waals surface area contributed by atoms with Gasteiger partial charge >= 0.3 is 11.9 Å². The first-order valence-corrected chi connectivity index (χ1v) is 7.25. The highest BCUT2D eigenvalue weighted by atomic mass is 79.9. The van der Waals surface area contributed by atoms with Crippen molar-refractivity contribution < 1.29 is 19.8 Å². The fourth-order valence-electron chi connectivity index (χ4n) is 1.96. The first-order valence-electron chi connectivity index (χ1n) is 5.94. The molecule has 0 saturated carbocycles. The van der Waals surface area contributed by atoms with Gasteiger partial charge in [0.25, 0.3) is 0 Å². The van der Waals surface area contributed by atoms with E-state index < -0.39 is 11.9 Å². The zero-order chi connectivity index (χ0) is 15.6. The van der Waals surface area contributed by atoms with Crippen molar-refractivity contribution in [3.05, 3.63) is 69.2 Å². The van der Waals surface area contributed by atoms with Gasteiger partial charge in [-0.1, -0.05) is 34.1 Å². The molecule has 0 bridgehead atoms. The van der Waals surface area contributed by atoms with Crippen LogP contribution in [-0.4, -0.2) is 22.2 Å². The highest BCUT2D eigenvalue weighted by Gasteiger charge is 2.19. The van der Waals surface area contributed by atoms with Gasteiger partial charge in [0.05, 0.1) is 16.4 Å².